The summed E-state index contributed by atoms with van der Waals surface area (Å²) in [7, 11) is 0. The standard InChI is InChI=1S/C10H11F2NO2/c1-5-2-6(3-9(13)10(14)15)8(12)4-7(5)11/h2,4,9H,3,13H2,1H3,(H,14,15). The van der Waals surface area contributed by atoms with Gasteiger partial charge in [0, 0.05) is 12.5 Å². The van der Waals surface area contributed by atoms with Crippen molar-refractivity contribution in [3.63, 3.8) is 0 Å². The molecule has 0 spiro atoms. The Bertz CT molecular complexity index is 393. The highest BCUT2D eigenvalue weighted by atomic mass is 19.1. The number of benzene rings is 1. The zero-order chi connectivity index (χ0) is 11.6. The van der Waals surface area contributed by atoms with Gasteiger partial charge in [-0.1, -0.05) is 6.07 Å². The minimum Gasteiger partial charge on any atom is -0.480 e. The molecule has 0 aliphatic heterocycles. The van der Waals surface area contributed by atoms with Crippen molar-refractivity contribution in [2.24, 2.45) is 5.73 Å². The Balaban J connectivity index is 2.95. The Morgan fingerprint density at radius 2 is 2.07 bits per heavy atom. The second-order valence-electron chi connectivity index (χ2n) is 3.34. The van der Waals surface area contributed by atoms with Gasteiger partial charge in [-0.25, -0.2) is 8.78 Å². The Hall–Kier alpha value is -1.49. The Labute approximate surface area is 85.5 Å². The van der Waals surface area contributed by atoms with Crippen LogP contribution in [0, 0.1) is 18.6 Å². The summed E-state index contributed by atoms with van der Waals surface area (Å²) < 4.78 is 26.0. The second kappa shape index (κ2) is 4.35. The quantitative estimate of drug-likeness (QED) is 0.797. The number of aryl methyl sites for hydroxylation is 1. The lowest BCUT2D eigenvalue weighted by molar-refractivity contribution is -0.138. The third-order valence-corrected chi connectivity index (χ3v) is 2.08. The van der Waals surface area contributed by atoms with E-state index in [9.17, 15) is 13.6 Å². The van der Waals surface area contributed by atoms with Crippen LogP contribution in [-0.2, 0) is 11.2 Å². The van der Waals surface area contributed by atoms with Crippen molar-refractivity contribution >= 4 is 5.97 Å². The number of aliphatic carboxylic acids is 1. The molecular weight excluding hydrogens is 204 g/mol. The molecule has 1 rings (SSSR count). The molecule has 1 atom stereocenters. The summed E-state index contributed by atoms with van der Waals surface area (Å²) in [6.07, 6.45) is -0.151. The number of carboxylic acids is 1. The number of nitrogens with two attached hydrogens (primary N) is 1. The fourth-order valence-corrected chi connectivity index (χ4v) is 1.20. The molecule has 0 amide bonds. The smallest absolute Gasteiger partial charge is 0.320 e. The van der Waals surface area contributed by atoms with Crippen molar-refractivity contribution in [3.8, 4) is 0 Å². The van der Waals surface area contributed by atoms with Gasteiger partial charge < -0.3 is 10.8 Å². The van der Waals surface area contributed by atoms with E-state index in [1.54, 1.807) is 0 Å². The zero-order valence-corrected chi connectivity index (χ0v) is 8.13. The molecular formula is C10H11F2NO2. The van der Waals surface area contributed by atoms with Gasteiger partial charge in [0.05, 0.1) is 0 Å². The maximum absolute atomic E-state index is 13.2. The molecule has 0 heterocycles. The summed E-state index contributed by atoms with van der Waals surface area (Å²) in [4.78, 5) is 10.4. The monoisotopic (exact) mass is 215 g/mol. The summed E-state index contributed by atoms with van der Waals surface area (Å²) in [5.74, 6) is -2.63. The van der Waals surface area contributed by atoms with Crippen LogP contribution in [0.3, 0.4) is 0 Å². The molecule has 1 aromatic carbocycles. The molecule has 3 N–H and O–H groups in total. The number of carboxylic acid groups (broad SMARTS) is 1. The zero-order valence-electron chi connectivity index (χ0n) is 8.13. The number of rotatable bonds is 3. The van der Waals surface area contributed by atoms with Crippen molar-refractivity contribution in [2.75, 3.05) is 0 Å². The Morgan fingerprint density at radius 1 is 1.47 bits per heavy atom. The van der Waals surface area contributed by atoms with Gasteiger partial charge in [0.15, 0.2) is 0 Å². The first-order valence-electron chi connectivity index (χ1n) is 4.34. The van der Waals surface area contributed by atoms with Gasteiger partial charge in [0.25, 0.3) is 0 Å². The van der Waals surface area contributed by atoms with Crippen LogP contribution in [0.5, 0.6) is 0 Å². The van der Waals surface area contributed by atoms with Crippen molar-refractivity contribution in [1.29, 1.82) is 0 Å². The molecule has 0 saturated heterocycles. The predicted molar refractivity (Wildman–Crippen MR) is 50.4 cm³/mol. The molecule has 5 heteroatoms. The molecule has 1 unspecified atom stereocenters. The molecule has 0 aliphatic carbocycles. The van der Waals surface area contributed by atoms with Crippen molar-refractivity contribution in [3.05, 3.63) is 34.9 Å². The summed E-state index contributed by atoms with van der Waals surface area (Å²) in [5, 5.41) is 8.54. The third-order valence-electron chi connectivity index (χ3n) is 2.08. The van der Waals surface area contributed by atoms with Gasteiger partial charge >= 0.3 is 5.97 Å². The molecule has 3 nitrogen and oxygen atoms in total. The van der Waals surface area contributed by atoms with Crippen LogP contribution in [-0.4, -0.2) is 17.1 Å². The average molecular weight is 215 g/mol. The lowest BCUT2D eigenvalue weighted by Gasteiger charge is -2.08. The molecule has 0 bridgehead atoms. The van der Waals surface area contributed by atoms with Crippen LogP contribution in [0.25, 0.3) is 0 Å². The van der Waals surface area contributed by atoms with E-state index < -0.39 is 23.6 Å². The highest BCUT2D eigenvalue weighted by Crippen LogP contribution is 2.15. The van der Waals surface area contributed by atoms with Gasteiger partial charge in [-0.15, -0.1) is 0 Å². The number of halogens is 2. The van der Waals surface area contributed by atoms with Gasteiger partial charge in [0.1, 0.15) is 17.7 Å². The lowest BCUT2D eigenvalue weighted by Crippen LogP contribution is -2.32. The Kier molecular flexibility index (Phi) is 3.36. The second-order valence-corrected chi connectivity index (χ2v) is 3.34. The van der Waals surface area contributed by atoms with E-state index in [1.165, 1.54) is 13.0 Å². The van der Waals surface area contributed by atoms with Crippen LogP contribution < -0.4 is 5.73 Å². The summed E-state index contributed by atoms with van der Waals surface area (Å²) in [6, 6.07) is 0.830. The first-order chi connectivity index (χ1) is 6.91. The maximum Gasteiger partial charge on any atom is 0.320 e. The molecule has 82 valence electrons. The SMILES string of the molecule is Cc1cc(CC(N)C(=O)O)c(F)cc1F. The molecule has 0 aromatic heterocycles. The van der Waals surface area contributed by atoms with Crippen LogP contribution in [0.15, 0.2) is 12.1 Å². The summed E-state index contributed by atoms with van der Waals surface area (Å²) >= 11 is 0. The lowest BCUT2D eigenvalue weighted by atomic mass is 10.0. The van der Waals surface area contributed by atoms with Crippen molar-refractivity contribution in [1.82, 2.24) is 0 Å². The predicted octanol–water partition coefficient (Wildman–Crippen LogP) is 1.23. The summed E-state index contributed by atoms with van der Waals surface area (Å²) in [5.41, 5.74) is 5.63. The van der Waals surface area contributed by atoms with Gasteiger partial charge in [-0.2, -0.15) is 0 Å². The van der Waals surface area contributed by atoms with E-state index in [1.807, 2.05) is 0 Å². The minimum atomic E-state index is -1.21. The van der Waals surface area contributed by atoms with E-state index in [0.29, 0.717) is 0 Å². The minimum absolute atomic E-state index is 0.115. The highest BCUT2D eigenvalue weighted by molar-refractivity contribution is 5.73. The molecule has 0 radical (unpaired) electrons. The molecule has 15 heavy (non-hydrogen) atoms. The maximum atomic E-state index is 13.2. The molecule has 1 aromatic rings. The van der Waals surface area contributed by atoms with E-state index in [4.69, 9.17) is 10.8 Å². The molecule has 0 fully saturated rings. The van der Waals surface area contributed by atoms with Crippen LogP contribution in [0.4, 0.5) is 8.78 Å². The fraction of sp³-hybridized carbons (Fsp3) is 0.300. The number of hydrogen-bond acceptors (Lipinski definition) is 2. The van der Waals surface area contributed by atoms with Gasteiger partial charge in [-0.05, 0) is 18.1 Å². The normalized spacial score (nSPS) is 12.5. The fourth-order valence-electron chi connectivity index (χ4n) is 1.20. The van der Waals surface area contributed by atoms with E-state index >= 15 is 0 Å². The molecule has 0 aliphatic rings. The van der Waals surface area contributed by atoms with E-state index in [2.05, 4.69) is 0 Å². The van der Waals surface area contributed by atoms with Crippen molar-refractivity contribution < 1.29 is 18.7 Å². The van der Waals surface area contributed by atoms with Crippen LogP contribution >= 0.6 is 0 Å². The number of hydrogen-bond donors (Lipinski definition) is 2. The largest absolute Gasteiger partial charge is 0.480 e. The highest BCUT2D eigenvalue weighted by Gasteiger charge is 2.15. The first-order valence-corrected chi connectivity index (χ1v) is 4.34. The summed E-state index contributed by atoms with van der Waals surface area (Å²) in [6.45, 7) is 1.48. The van der Waals surface area contributed by atoms with Crippen molar-refractivity contribution in [2.45, 2.75) is 19.4 Å². The van der Waals surface area contributed by atoms with E-state index in [0.717, 1.165) is 6.07 Å². The van der Waals surface area contributed by atoms with Gasteiger partial charge in [-0.3, -0.25) is 4.79 Å². The number of carbonyl (C=O) groups is 1. The molecule has 0 saturated carbocycles. The average Bonchev–Trinajstić information content (AvgIpc) is 2.13. The van der Waals surface area contributed by atoms with Crippen LogP contribution in [0.1, 0.15) is 11.1 Å². The third kappa shape index (κ3) is 2.73. The van der Waals surface area contributed by atoms with Crippen LogP contribution in [0.2, 0.25) is 0 Å². The first kappa shape index (κ1) is 11.6. The topological polar surface area (TPSA) is 63.3 Å². The Morgan fingerprint density at radius 3 is 2.60 bits per heavy atom. The van der Waals surface area contributed by atoms with Gasteiger partial charge in [0.2, 0.25) is 0 Å². The van der Waals surface area contributed by atoms with E-state index in [-0.39, 0.29) is 17.5 Å².